The van der Waals surface area contributed by atoms with E-state index in [9.17, 15) is 23.9 Å². The molecule has 0 aliphatic carbocycles. The Morgan fingerprint density at radius 2 is 1.16 bits per heavy atom. The number of carbonyl (C=O) groups excluding carboxylic acids is 2. The van der Waals surface area contributed by atoms with E-state index in [1.54, 1.807) is 0 Å². The van der Waals surface area contributed by atoms with E-state index >= 15 is 0 Å². The van der Waals surface area contributed by atoms with Gasteiger partial charge in [-0.25, -0.2) is 4.79 Å². The van der Waals surface area contributed by atoms with Crippen molar-refractivity contribution < 1.29 is 116 Å². The van der Waals surface area contributed by atoms with E-state index in [-0.39, 0.29) is 97.6 Å². The molecule has 250 valence electrons. The summed E-state index contributed by atoms with van der Waals surface area (Å²) in [6.45, 7) is 0.849. The number of phosphoric ester groups is 1. The summed E-state index contributed by atoms with van der Waals surface area (Å²) < 4.78 is 25.0. The average molecular weight is 683 g/mol. The van der Waals surface area contributed by atoms with Crippen LogP contribution in [0.15, 0.2) is 0 Å². The third kappa shape index (κ3) is 38.3. The molecule has 0 aliphatic rings. The van der Waals surface area contributed by atoms with Gasteiger partial charge in [0.05, 0.1) is 14.4 Å². The minimum absolute atomic E-state index is 0. The molecule has 0 bridgehead atoms. The number of unbranched alkanes of at least 4 members (excludes halogenated alkanes) is 10. The molecule has 0 aromatic heterocycles. The Labute approximate surface area is 333 Å². The molecule has 0 spiro atoms. The van der Waals surface area contributed by atoms with E-state index in [0.29, 0.717) is 6.42 Å². The summed E-state index contributed by atoms with van der Waals surface area (Å²) in [5, 5.41) is 0. The second-order valence-electron chi connectivity index (χ2n) is 8.38. The Balaban J connectivity index is -0.0000000667. The van der Waals surface area contributed by atoms with Crippen LogP contribution in [0.4, 0.5) is 0 Å². The minimum Gasteiger partial charge on any atom is -0.790 e. The molecule has 0 heterocycles. The number of ether oxygens (including phenoxy) is 2. The van der Waals surface area contributed by atoms with Crippen molar-refractivity contribution in [3.8, 4) is 83.4 Å². The first-order chi connectivity index (χ1) is 19.8. The van der Waals surface area contributed by atoms with Gasteiger partial charge in [0.2, 0.25) is 0 Å². The van der Waals surface area contributed by atoms with Crippen LogP contribution in [0.2, 0.25) is 0 Å². The van der Waals surface area contributed by atoms with E-state index < -0.39 is 39.1 Å². The van der Waals surface area contributed by atoms with E-state index in [1.807, 2.05) is 0 Å². The molecule has 0 aromatic carbocycles. The summed E-state index contributed by atoms with van der Waals surface area (Å²) in [4.78, 5) is 45.5. The minimum atomic E-state index is -5.32. The SMILES string of the molecule is C#CC#CC#CC#CC#CC#CC#CC(=O)OC[C@@H](COP(=O)([O-])[O-])OC(=O)CCCCCCCCCCCCC.S.[HH].[HH].[HH].[HH].[HH].[HH].[HH].[HH].[HH].[HH].[HH].[HH].[HH].[Na+].[Na+]. The second-order valence-corrected chi connectivity index (χ2v) is 9.54. The normalized spacial score (nSPS) is 9.14. The van der Waals surface area contributed by atoms with Gasteiger partial charge in [0.1, 0.15) is 6.61 Å². The van der Waals surface area contributed by atoms with Crippen LogP contribution in [0.1, 0.15) is 103 Å². The molecule has 0 amide bonds. The number of carbonyl (C=O) groups is 2. The third-order valence-corrected chi connectivity index (χ3v) is 5.43. The van der Waals surface area contributed by atoms with E-state index in [1.165, 1.54) is 44.9 Å². The fourth-order valence-electron chi connectivity index (χ4n) is 3.07. The topological polar surface area (TPSA) is 125 Å². The molecule has 0 fully saturated rings. The predicted octanol–water partition coefficient (Wildman–Crippen LogP) is -0.0398. The van der Waals surface area contributed by atoms with Gasteiger partial charge in [0.25, 0.3) is 0 Å². The van der Waals surface area contributed by atoms with Crippen molar-refractivity contribution in [2.24, 2.45) is 0 Å². The summed E-state index contributed by atoms with van der Waals surface area (Å²) in [7, 11) is -5.32. The third-order valence-electron chi connectivity index (χ3n) is 4.96. The van der Waals surface area contributed by atoms with Crippen LogP contribution in [0.3, 0.4) is 0 Å². The molecule has 12 heteroatoms. The predicted molar refractivity (Wildman–Crippen MR) is 189 cm³/mol. The van der Waals surface area contributed by atoms with Gasteiger partial charge in [0, 0.05) is 30.9 Å². The van der Waals surface area contributed by atoms with Crippen LogP contribution in [-0.4, -0.2) is 31.3 Å². The van der Waals surface area contributed by atoms with Crippen molar-refractivity contribution in [1.82, 2.24) is 0 Å². The number of esters is 2. The van der Waals surface area contributed by atoms with Crippen LogP contribution in [0.25, 0.3) is 0 Å². The van der Waals surface area contributed by atoms with E-state index in [4.69, 9.17) is 15.9 Å². The van der Waals surface area contributed by atoms with Crippen molar-refractivity contribution in [1.29, 1.82) is 0 Å². The van der Waals surface area contributed by atoms with Gasteiger partial charge >= 0.3 is 71.1 Å². The first-order valence-electron chi connectivity index (χ1n) is 13.3. The summed E-state index contributed by atoms with van der Waals surface area (Å²) in [5.74, 6) is 28.4. The maximum absolute atomic E-state index is 12.1. The van der Waals surface area contributed by atoms with Crippen molar-refractivity contribution >= 4 is 33.3 Å². The second kappa shape index (κ2) is 35.8. The van der Waals surface area contributed by atoms with E-state index in [0.717, 1.165) is 19.3 Å². The molecular weight excluding hydrogens is 621 g/mol. The number of hydrogen-bond acceptors (Lipinski definition) is 8. The molecule has 0 N–H and O–H groups in total. The molecule has 44 heavy (non-hydrogen) atoms. The van der Waals surface area contributed by atoms with Gasteiger partial charge in [0.15, 0.2) is 6.10 Å². The zero-order valence-electron chi connectivity index (χ0n) is 25.8. The monoisotopic (exact) mass is 682 g/mol. The first-order valence-corrected chi connectivity index (χ1v) is 14.7. The Morgan fingerprint density at radius 3 is 1.61 bits per heavy atom. The zero-order valence-corrected chi connectivity index (χ0v) is 31.7. The molecular formula is C32H61Na2O8PS. The Kier molecular flexibility index (Phi) is 40.0. The quantitative estimate of drug-likeness (QED) is 0.0493. The van der Waals surface area contributed by atoms with Crippen molar-refractivity contribution in [3.63, 3.8) is 0 Å². The maximum Gasteiger partial charge on any atom is 1.00 e. The van der Waals surface area contributed by atoms with Crippen LogP contribution < -0.4 is 68.9 Å². The fourth-order valence-corrected chi connectivity index (χ4v) is 3.42. The maximum atomic E-state index is 12.1. The summed E-state index contributed by atoms with van der Waals surface area (Å²) in [6.07, 6.45) is 16.0. The number of hydrogen-bond donors (Lipinski definition) is 0. The van der Waals surface area contributed by atoms with Crippen molar-refractivity contribution in [3.05, 3.63) is 0 Å². The van der Waals surface area contributed by atoms with Crippen LogP contribution in [0.5, 0.6) is 0 Å². The van der Waals surface area contributed by atoms with Crippen LogP contribution in [-0.2, 0) is 28.2 Å². The number of phosphoric acid groups is 1. The molecule has 0 aliphatic heterocycles. The molecule has 0 saturated heterocycles. The number of rotatable bonds is 18. The van der Waals surface area contributed by atoms with Crippen LogP contribution in [0, 0.1) is 83.4 Å². The molecule has 8 nitrogen and oxygen atoms in total. The van der Waals surface area contributed by atoms with Crippen molar-refractivity contribution in [2.75, 3.05) is 13.2 Å². The van der Waals surface area contributed by atoms with Gasteiger partial charge in [-0.05, 0) is 77.5 Å². The molecule has 0 rings (SSSR count). The standard InChI is InChI=1S/C32H35O8P.2Na.H2S.13H2/c1-3-5-7-9-11-13-15-17-18-20-22-24-26-31(33)38-28-30(29-39-41(35,36)37)40-32(34)27-25-23-21-19-16-14-12-10-8-6-4-2;;;;;;;;;;;;;;;;/h1,30H,4,6,8,10,12,14,16,19,21,23,25,27-29H2,2H3,(H2,35,36,37);;;1H2;13*1H/q;2*+1;;;;;;;;;;;;;;/p-2/t30-;;;;;;;;;;;;;;;;/m0................/s1. The zero-order chi connectivity index (χ0) is 30.4. The Bertz CT molecular complexity index is 1340. The summed E-state index contributed by atoms with van der Waals surface area (Å²) >= 11 is 0. The number of terminal acetylenes is 1. The largest absolute Gasteiger partial charge is 1.00 e. The summed E-state index contributed by atoms with van der Waals surface area (Å²) in [5.41, 5.74) is 0. The smallest absolute Gasteiger partial charge is 0.790 e. The Morgan fingerprint density at radius 1 is 0.727 bits per heavy atom. The van der Waals surface area contributed by atoms with Gasteiger partial charge in [-0.1, -0.05) is 71.1 Å². The average Bonchev–Trinajstić information content (AvgIpc) is 2.93. The summed E-state index contributed by atoms with van der Waals surface area (Å²) in [6, 6.07) is 0. The van der Waals surface area contributed by atoms with Gasteiger partial charge < -0.3 is 28.3 Å². The van der Waals surface area contributed by atoms with Gasteiger partial charge in [-0.2, -0.15) is 13.5 Å². The van der Waals surface area contributed by atoms with Crippen molar-refractivity contribution in [2.45, 2.75) is 90.1 Å². The van der Waals surface area contributed by atoms with Gasteiger partial charge in [-0.15, -0.1) is 6.42 Å². The van der Waals surface area contributed by atoms with Gasteiger partial charge in [-0.3, -0.25) is 4.79 Å². The molecule has 0 unspecified atom stereocenters. The molecule has 0 radical (unpaired) electrons. The Hall–Kier alpha value is -1.68. The van der Waals surface area contributed by atoms with E-state index in [2.05, 4.69) is 88.4 Å². The molecule has 0 saturated carbocycles. The first kappa shape index (κ1) is 49.2. The molecule has 0 aromatic rings. The van der Waals surface area contributed by atoms with Crippen LogP contribution >= 0.6 is 21.3 Å². The molecule has 1 atom stereocenters. The fraction of sp³-hybridized carbons (Fsp3) is 0.500.